The molecule has 1 fully saturated rings. The number of methoxy groups -OCH3 is 1. The van der Waals surface area contributed by atoms with Crippen molar-refractivity contribution in [2.24, 2.45) is 0 Å². The first-order valence-electron chi connectivity index (χ1n) is 8.44. The first-order chi connectivity index (χ1) is 11.3. The van der Waals surface area contributed by atoms with Crippen LogP contribution in [0.5, 0.6) is 0 Å². The van der Waals surface area contributed by atoms with Gasteiger partial charge in [0.2, 0.25) is 0 Å². The van der Waals surface area contributed by atoms with Crippen LogP contribution in [0, 0.1) is 0 Å². The van der Waals surface area contributed by atoms with E-state index in [0.29, 0.717) is 6.04 Å². The van der Waals surface area contributed by atoms with Crippen LogP contribution in [0.15, 0.2) is 46.9 Å². The summed E-state index contributed by atoms with van der Waals surface area (Å²) in [7, 11) is 1.77. The van der Waals surface area contributed by atoms with Crippen LogP contribution in [-0.4, -0.2) is 44.3 Å². The summed E-state index contributed by atoms with van der Waals surface area (Å²) >= 11 is 0. The van der Waals surface area contributed by atoms with Crippen molar-refractivity contribution in [1.82, 2.24) is 10.2 Å². The van der Waals surface area contributed by atoms with Crippen molar-refractivity contribution >= 4 is 0 Å². The van der Waals surface area contributed by atoms with Crippen LogP contribution < -0.4 is 5.32 Å². The molecule has 0 atom stereocenters. The van der Waals surface area contributed by atoms with E-state index in [-0.39, 0.29) is 0 Å². The summed E-state index contributed by atoms with van der Waals surface area (Å²) in [5.41, 5.74) is 1.13. The van der Waals surface area contributed by atoms with Gasteiger partial charge in [-0.05, 0) is 38.1 Å². The highest BCUT2D eigenvalue weighted by atomic mass is 16.5. The van der Waals surface area contributed by atoms with Gasteiger partial charge in [0, 0.05) is 25.3 Å². The van der Waals surface area contributed by atoms with Crippen molar-refractivity contribution in [1.29, 1.82) is 0 Å². The number of rotatable bonds is 7. The van der Waals surface area contributed by atoms with Gasteiger partial charge in [-0.3, -0.25) is 0 Å². The van der Waals surface area contributed by atoms with Gasteiger partial charge in [0.25, 0.3) is 0 Å². The zero-order valence-electron chi connectivity index (χ0n) is 13.8. The molecule has 1 N–H and O–H groups in total. The van der Waals surface area contributed by atoms with Crippen molar-refractivity contribution in [3.63, 3.8) is 0 Å². The number of nitrogens with zero attached hydrogens (tertiary/aromatic N) is 1. The summed E-state index contributed by atoms with van der Waals surface area (Å²) < 4.78 is 11.1. The molecule has 1 aromatic carbocycles. The van der Waals surface area contributed by atoms with E-state index in [0.717, 1.165) is 49.9 Å². The zero-order valence-corrected chi connectivity index (χ0v) is 13.8. The first kappa shape index (κ1) is 16.2. The molecule has 1 aliphatic rings. The van der Waals surface area contributed by atoms with Crippen molar-refractivity contribution < 1.29 is 9.15 Å². The Morgan fingerprint density at radius 3 is 2.65 bits per heavy atom. The summed E-state index contributed by atoms with van der Waals surface area (Å²) in [5.74, 6) is 1.95. The van der Waals surface area contributed by atoms with E-state index in [9.17, 15) is 0 Å². The molecule has 0 unspecified atom stereocenters. The quantitative estimate of drug-likeness (QED) is 0.852. The largest absolute Gasteiger partial charge is 0.460 e. The minimum Gasteiger partial charge on any atom is -0.460 e. The Morgan fingerprint density at radius 2 is 1.91 bits per heavy atom. The van der Waals surface area contributed by atoms with Gasteiger partial charge >= 0.3 is 0 Å². The molecule has 4 heteroatoms. The lowest BCUT2D eigenvalue weighted by Crippen LogP contribution is -2.43. The number of nitrogens with one attached hydrogen (secondary N) is 1. The number of piperidine rings is 1. The fourth-order valence-electron chi connectivity index (χ4n) is 3.06. The van der Waals surface area contributed by atoms with Gasteiger partial charge in [0.05, 0.1) is 13.2 Å². The molecule has 4 nitrogen and oxygen atoms in total. The van der Waals surface area contributed by atoms with Crippen LogP contribution in [0.3, 0.4) is 0 Å². The average molecular weight is 314 g/mol. The maximum absolute atomic E-state index is 5.95. The van der Waals surface area contributed by atoms with Crippen molar-refractivity contribution in [2.45, 2.75) is 25.4 Å². The predicted octanol–water partition coefficient (Wildman–Crippen LogP) is 3.15. The van der Waals surface area contributed by atoms with Gasteiger partial charge in [-0.1, -0.05) is 30.3 Å². The van der Waals surface area contributed by atoms with Crippen LogP contribution in [0.1, 0.15) is 18.6 Å². The highest BCUT2D eigenvalue weighted by Crippen LogP contribution is 2.22. The van der Waals surface area contributed by atoms with Crippen LogP contribution in [0.25, 0.3) is 11.3 Å². The SMILES string of the molecule is COCCN1CCC(NCc2ccc(-c3ccccc3)o2)CC1. The Kier molecular flexibility index (Phi) is 5.86. The second kappa shape index (κ2) is 8.29. The molecule has 1 aromatic heterocycles. The van der Waals surface area contributed by atoms with E-state index in [1.807, 2.05) is 18.2 Å². The molecule has 0 saturated carbocycles. The Balaban J connectivity index is 1.44. The molecule has 2 heterocycles. The Bertz CT molecular complexity index is 574. The lowest BCUT2D eigenvalue weighted by Gasteiger charge is -2.32. The number of ether oxygens (including phenoxy) is 1. The van der Waals surface area contributed by atoms with E-state index in [1.54, 1.807) is 7.11 Å². The second-order valence-corrected chi connectivity index (χ2v) is 6.12. The minimum absolute atomic E-state index is 0.582. The second-order valence-electron chi connectivity index (χ2n) is 6.12. The molecule has 2 aromatic rings. The summed E-state index contributed by atoms with van der Waals surface area (Å²) in [6.07, 6.45) is 2.38. The van der Waals surface area contributed by atoms with Gasteiger partial charge in [-0.2, -0.15) is 0 Å². The molecule has 3 rings (SSSR count). The van der Waals surface area contributed by atoms with Gasteiger partial charge in [0.1, 0.15) is 11.5 Å². The third-order valence-electron chi connectivity index (χ3n) is 4.48. The lowest BCUT2D eigenvalue weighted by atomic mass is 10.1. The number of hydrogen-bond donors (Lipinski definition) is 1. The molecule has 0 radical (unpaired) electrons. The maximum atomic E-state index is 5.95. The van der Waals surface area contributed by atoms with Crippen LogP contribution in [0.4, 0.5) is 0 Å². The highest BCUT2D eigenvalue weighted by molar-refractivity contribution is 5.57. The van der Waals surface area contributed by atoms with E-state index >= 15 is 0 Å². The lowest BCUT2D eigenvalue weighted by molar-refractivity contribution is 0.125. The van der Waals surface area contributed by atoms with E-state index < -0.39 is 0 Å². The molecule has 0 bridgehead atoms. The molecule has 23 heavy (non-hydrogen) atoms. The molecular formula is C19H26N2O2. The molecular weight excluding hydrogens is 288 g/mol. The van der Waals surface area contributed by atoms with Crippen LogP contribution in [-0.2, 0) is 11.3 Å². The fraction of sp³-hybridized carbons (Fsp3) is 0.474. The van der Waals surface area contributed by atoms with Crippen molar-refractivity contribution in [3.8, 4) is 11.3 Å². The molecule has 1 saturated heterocycles. The predicted molar refractivity (Wildman–Crippen MR) is 92.3 cm³/mol. The molecule has 0 amide bonds. The van der Waals surface area contributed by atoms with E-state index in [4.69, 9.17) is 9.15 Å². The number of likely N-dealkylation sites (tertiary alicyclic amines) is 1. The van der Waals surface area contributed by atoms with E-state index in [2.05, 4.69) is 34.5 Å². The monoisotopic (exact) mass is 314 g/mol. The number of benzene rings is 1. The van der Waals surface area contributed by atoms with Crippen LogP contribution >= 0.6 is 0 Å². The molecule has 0 spiro atoms. The maximum Gasteiger partial charge on any atom is 0.134 e. The number of hydrogen-bond acceptors (Lipinski definition) is 4. The topological polar surface area (TPSA) is 37.6 Å². The average Bonchev–Trinajstić information content (AvgIpc) is 3.09. The Morgan fingerprint density at radius 1 is 1.13 bits per heavy atom. The number of furan rings is 1. The third kappa shape index (κ3) is 4.67. The summed E-state index contributed by atoms with van der Waals surface area (Å²) in [6, 6.07) is 15.0. The zero-order chi connectivity index (χ0) is 15.9. The van der Waals surface area contributed by atoms with Crippen molar-refractivity contribution in [2.75, 3.05) is 33.4 Å². The third-order valence-corrected chi connectivity index (χ3v) is 4.48. The Labute approximate surface area is 138 Å². The highest BCUT2D eigenvalue weighted by Gasteiger charge is 2.18. The minimum atomic E-state index is 0.582. The first-order valence-corrected chi connectivity index (χ1v) is 8.44. The van der Waals surface area contributed by atoms with Gasteiger partial charge in [-0.25, -0.2) is 0 Å². The molecule has 124 valence electrons. The summed E-state index contributed by atoms with van der Waals surface area (Å²) in [5, 5.41) is 3.63. The van der Waals surface area contributed by atoms with Crippen molar-refractivity contribution in [3.05, 3.63) is 48.2 Å². The summed E-state index contributed by atoms with van der Waals surface area (Å²) in [6.45, 7) is 4.97. The van der Waals surface area contributed by atoms with Gasteiger partial charge in [0.15, 0.2) is 0 Å². The molecule has 1 aliphatic heterocycles. The normalized spacial score (nSPS) is 16.7. The standard InChI is InChI=1S/C19H26N2O2/c1-22-14-13-21-11-9-17(10-12-21)20-15-18-7-8-19(23-18)16-5-3-2-4-6-16/h2-8,17,20H,9-15H2,1H3. The smallest absolute Gasteiger partial charge is 0.134 e. The van der Waals surface area contributed by atoms with Gasteiger partial charge in [-0.15, -0.1) is 0 Å². The Hall–Kier alpha value is -1.62. The van der Waals surface area contributed by atoms with Crippen LogP contribution in [0.2, 0.25) is 0 Å². The van der Waals surface area contributed by atoms with E-state index in [1.165, 1.54) is 12.8 Å². The van der Waals surface area contributed by atoms with Gasteiger partial charge < -0.3 is 19.4 Å². The summed E-state index contributed by atoms with van der Waals surface area (Å²) in [4.78, 5) is 2.47. The fourth-order valence-corrected chi connectivity index (χ4v) is 3.06. The molecule has 0 aliphatic carbocycles.